The quantitative estimate of drug-likeness (QED) is 0.537. The van der Waals surface area contributed by atoms with Crippen LogP contribution in [0, 0.1) is 0 Å². The lowest BCUT2D eigenvalue weighted by Gasteiger charge is -2.12. The van der Waals surface area contributed by atoms with E-state index in [0.717, 1.165) is 11.5 Å². The number of fused-ring (bicyclic) bond motifs is 1. The number of carbonyl (C=O) groups excluding carboxylic acids is 1. The van der Waals surface area contributed by atoms with Crippen LogP contribution in [0.2, 0.25) is 10.0 Å². The average molecular weight is 457 g/mol. The van der Waals surface area contributed by atoms with Gasteiger partial charge in [0.1, 0.15) is 5.75 Å². The average Bonchev–Trinajstić information content (AvgIpc) is 3.07. The number of ether oxygens (including phenoxy) is 3. The van der Waals surface area contributed by atoms with Gasteiger partial charge in [-0.25, -0.2) is 0 Å². The van der Waals surface area contributed by atoms with Gasteiger partial charge in [0, 0.05) is 5.02 Å². The lowest BCUT2D eigenvalue weighted by molar-refractivity contribution is -0.124. The van der Waals surface area contributed by atoms with E-state index < -0.39 is 12.0 Å². The third-order valence-electron chi connectivity index (χ3n) is 3.54. The molecule has 11 heteroatoms. The molecule has 1 amide bonds. The minimum absolute atomic E-state index is 0.217. The van der Waals surface area contributed by atoms with E-state index in [1.54, 1.807) is 28.9 Å². The maximum absolute atomic E-state index is 12.5. The maximum Gasteiger partial charge on any atom is 0.289 e. The lowest BCUT2D eigenvalue weighted by atomic mass is 10.3. The molecule has 29 heavy (non-hydrogen) atoms. The number of hydrogen-bond donors (Lipinski definition) is 0. The number of nitrogens with zero attached hydrogens (tertiary/aromatic N) is 4. The number of aromatic nitrogens is 3. The van der Waals surface area contributed by atoms with Crippen molar-refractivity contribution in [2.75, 3.05) is 13.2 Å². The fourth-order valence-electron chi connectivity index (χ4n) is 2.30. The first-order valence-electron chi connectivity index (χ1n) is 8.78. The van der Waals surface area contributed by atoms with Crippen LogP contribution in [-0.2, 0) is 4.79 Å². The molecule has 1 unspecified atom stereocenters. The summed E-state index contributed by atoms with van der Waals surface area (Å²) in [6, 6.07) is 6.42. The molecular formula is C18H18Cl2N4O4S. The van der Waals surface area contributed by atoms with Crippen LogP contribution in [0.15, 0.2) is 29.3 Å². The van der Waals surface area contributed by atoms with E-state index in [4.69, 9.17) is 37.4 Å². The molecule has 0 spiro atoms. The predicted molar refractivity (Wildman–Crippen MR) is 110 cm³/mol. The van der Waals surface area contributed by atoms with Crippen LogP contribution in [0.3, 0.4) is 0 Å². The molecule has 2 aromatic heterocycles. The summed E-state index contributed by atoms with van der Waals surface area (Å²) < 4.78 is 18.3. The minimum Gasteiger partial charge on any atom is -0.479 e. The largest absolute Gasteiger partial charge is 0.479 e. The lowest BCUT2D eigenvalue weighted by Crippen LogP contribution is -2.24. The summed E-state index contributed by atoms with van der Waals surface area (Å²) in [4.78, 5) is 25.3. The van der Waals surface area contributed by atoms with E-state index >= 15 is 0 Å². The van der Waals surface area contributed by atoms with Crippen LogP contribution in [0.1, 0.15) is 20.8 Å². The van der Waals surface area contributed by atoms with Gasteiger partial charge >= 0.3 is 0 Å². The first-order chi connectivity index (χ1) is 13.9. The van der Waals surface area contributed by atoms with E-state index in [2.05, 4.69) is 15.0 Å². The molecular weight excluding hydrogens is 439 g/mol. The second kappa shape index (κ2) is 9.43. The summed E-state index contributed by atoms with van der Waals surface area (Å²) >= 11 is 13.1. The van der Waals surface area contributed by atoms with Gasteiger partial charge in [0.25, 0.3) is 11.7 Å². The summed E-state index contributed by atoms with van der Waals surface area (Å²) in [5.74, 6) is 1.04. The van der Waals surface area contributed by atoms with Crippen LogP contribution in [0.4, 0.5) is 0 Å². The van der Waals surface area contributed by atoms with Crippen molar-refractivity contribution in [1.29, 1.82) is 0 Å². The molecule has 0 fully saturated rings. The zero-order valence-electron chi connectivity index (χ0n) is 15.9. The Morgan fingerprint density at radius 2 is 1.97 bits per heavy atom. The summed E-state index contributed by atoms with van der Waals surface area (Å²) in [5.41, 5.74) is 0. The van der Waals surface area contributed by atoms with Gasteiger partial charge in [-0.05, 0) is 50.5 Å². The fourth-order valence-corrected chi connectivity index (χ4v) is 3.52. The Labute approximate surface area is 180 Å². The normalized spacial score (nSPS) is 12.8. The van der Waals surface area contributed by atoms with Crippen molar-refractivity contribution >= 4 is 46.4 Å². The van der Waals surface area contributed by atoms with E-state index in [1.165, 1.54) is 6.07 Å². The Morgan fingerprint density at radius 3 is 2.66 bits per heavy atom. The second-order valence-electron chi connectivity index (χ2n) is 5.66. The third-order valence-corrected chi connectivity index (χ3v) is 4.95. The molecule has 1 atom stereocenters. The molecule has 154 valence electrons. The highest BCUT2D eigenvalue weighted by molar-refractivity contribution is 7.03. The van der Waals surface area contributed by atoms with Gasteiger partial charge in [-0.15, -0.1) is 0 Å². The smallest absolute Gasteiger partial charge is 0.289 e. The Bertz CT molecular complexity index is 1100. The number of carbonyl (C=O) groups is 1. The van der Waals surface area contributed by atoms with E-state index in [9.17, 15) is 4.79 Å². The topological polar surface area (TPSA) is 87.3 Å². The molecule has 1 aromatic carbocycles. The van der Waals surface area contributed by atoms with Crippen molar-refractivity contribution in [3.8, 4) is 17.5 Å². The summed E-state index contributed by atoms with van der Waals surface area (Å²) in [5, 5.41) is 0.781. The second-order valence-corrected chi connectivity index (χ2v) is 7.42. The number of halogens is 2. The van der Waals surface area contributed by atoms with Crippen LogP contribution in [0.25, 0.3) is 5.78 Å². The molecule has 0 aliphatic carbocycles. The molecule has 2 heterocycles. The molecule has 8 nitrogen and oxygen atoms in total. The Morgan fingerprint density at radius 1 is 1.21 bits per heavy atom. The van der Waals surface area contributed by atoms with Gasteiger partial charge in [0.15, 0.2) is 6.10 Å². The zero-order valence-corrected chi connectivity index (χ0v) is 18.2. The van der Waals surface area contributed by atoms with Crippen LogP contribution in [-0.4, -0.2) is 39.0 Å². The van der Waals surface area contributed by atoms with Crippen molar-refractivity contribution in [3.05, 3.63) is 39.1 Å². The van der Waals surface area contributed by atoms with Crippen molar-refractivity contribution in [2.24, 2.45) is 4.99 Å². The van der Waals surface area contributed by atoms with Gasteiger partial charge in [-0.1, -0.05) is 23.2 Å². The molecule has 0 bridgehead atoms. The molecule has 0 N–H and O–H groups in total. The van der Waals surface area contributed by atoms with E-state index in [-0.39, 0.29) is 4.80 Å². The van der Waals surface area contributed by atoms with Gasteiger partial charge < -0.3 is 14.2 Å². The number of benzene rings is 1. The highest BCUT2D eigenvalue weighted by atomic mass is 35.5. The number of rotatable bonds is 7. The summed E-state index contributed by atoms with van der Waals surface area (Å²) in [6.07, 6.45) is -0.871. The summed E-state index contributed by atoms with van der Waals surface area (Å²) in [7, 11) is 0. The van der Waals surface area contributed by atoms with Crippen LogP contribution < -0.4 is 19.0 Å². The Balaban J connectivity index is 1.88. The van der Waals surface area contributed by atoms with Crippen molar-refractivity contribution in [1.82, 2.24) is 13.8 Å². The molecule has 0 saturated carbocycles. The monoisotopic (exact) mass is 456 g/mol. The third kappa shape index (κ3) is 5.17. The maximum atomic E-state index is 12.5. The van der Waals surface area contributed by atoms with E-state index in [0.29, 0.717) is 46.5 Å². The minimum atomic E-state index is -0.871. The Kier molecular flexibility index (Phi) is 6.94. The summed E-state index contributed by atoms with van der Waals surface area (Å²) in [6.45, 7) is 6.21. The first-order valence-corrected chi connectivity index (χ1v) is 10.3. The highest BCUT2D eigenvalue weighted by Crippen LogP contribution is 2.28. The predicted octanol–water partition coefficient (Wildman–Crippen LogP) is 3.79. The number of hydrogen-bond acceptors (Lipinski definition) is 7. The van der Waals surface area contributed by atoms with Crippen molar-refractivity contribution in [2.45, 2.75) is 26.9 Å². The Hall–Kier alpha value is -2.36. The molecule has 0 saturated heterocycles. The van der Waals surface area contributed by atoms with Crippen molar-refractivity contribution in [3.63, 3.8) is 0 Å². The molecule has 3 rings (SSSR count). The van der Waals surface area contributed by atoms with Crippen molar-refractivity contribution < 1.29 is 19.0 Å². The van der Waals surface area contributed by atoms with E-state index in [1.807, 2.05) is 13.8 Å². The highest BCUT2D eigenvalue weighted by Gasteiger charge is 2.17. The van der Waals surface area contributed by atoms with Gasteiger partial charge in [0.2, 0.25) is 16.6 Å². The van der Waals surface area contributed by atoms with Gasteiger partial charge in [0.05, 0.1) is 24.3 Å². The zero-order chi connectivity index (χ0) is 21.0. The number of amides is 1. The van der Waals surface area contributed by atoms with Gasteiger partial charge in [-0.3, -0.25) is 4.79 Å². The standard InChI is InChI=1S/C18H18Cl2N4O4S/c1-4-26-14-9-15(27-5-2)24-17(21-14)23-18(29-24)22-16(25)10(3)28-13-7-6-11(19)8-12(13)20/h6-10H,4-5H2,1-3H3. The van der Waals surface area contributed by atoms with Gasteiger partial charge in [-0.2, -0.15) is 18.8 Å². The molecule has 0 aliphatic rings. The molecule has 3 aromatic rings. The molecule has 0 radical (unpaired) electrons. The fraction of sp³-hybridized carbons (Fsp3) is 0.333. The molecule has 0 aliphatic heterocycles. The SMILES string of the molecule is CCOc1cc(OCC)n2sc(=NC(=O)C(C)Oc3ccc(Cl)cc3Cl)nc2n1. The van der Waals surface area contributed by atoms with Crippen LogP contribution >= 0.6 is 34.7 Å². The van der Waals surface area contributed by atoms with Crippen LogP contribution in [0.5, 0.6) is 17.5 Å². The first kappa shape index (κ1) is 21.4.